The highest BCUT2D eigenvalue weighted by Gasteiger charge is 2.24. The first-order valence-electron chi connectivity index (χ1n) is 9.35. The summed E-state index contributed by atoms with van der Waals surface area (Å²) in [6.07, 6.45) is 6.07. The number of carbonyl (C=O) groups excluding carboxylic acids is 1. The lowest BCUT2D eigenvalue weighted by Gasteiger charge is -2.33. The van der Waals surface area contributed by atoms with Gasteiger partial charge in [0.1, 0.15) is 12.4 Å². The highest BCUT2D eigenvalue weighted by molar-refractivity contribution is 5.94. The topological polar surface area (TPSA) is 29.5 Å². The molecule has 0 bridgehead atoms. The summed E-state index contributed by atoms with van der Waals surface area (Å²) in [4.78, 5) is 14.9. The van der Waals surface area contributed by atoms with Gasteiger partial charge in [-0.25, -0.2) is 0 Å². The Morgan fingerprint density at radius 2 is 1.68 bits per heavy atom. The van der Waals surface area contributed by atoms with Crippen LogP contribution in [0.15, 0.2) is 54.6 Å². The van der Waals surface area contributed by atoms with E-state index in [0.29, 0.717) is 12.6 Å². The number of para-hydroxylation sites is 1. The Morgan fingerprint density at radius 3 is 2.32 bits per heavy atom. The first kappa shape index (κ1) is 17.5. The second-order valence-corrected chi connectivity index (χ2v) is 6.68. The van der Waals surface area contributed by atoms with Crippen LogP contribution in [0.1, 0.15) is 54.9 Å². The van der Waals surface area contributed by atoms with Crippen molar-refractivity contribution in [2.45, 2.75) is 51.7 Å². The number of hydrogen-bond acceptors (Lipinski definition) is 2. The lowest BCUT2D eigenvalue weighted by Crippen LogP contribution is -2.41. The molecule has 3 nitrogen and oxygen atoms in total. The summed E-state index contributed by atoms with van der Waals surface area (Å²) in [5.74, 6) is 1.02. The molecule has 0 radical (unpaired) electrons. The Morgan fingerprint density at radius 1 is 1.00 bits per heavy atom. The average Bonchev–Trinajstić information content (AvgIpc) is 2.69. The number of ether oxygens (including phenoxy) is 1. The highest BCUT2D eigenvalue weighted by Crippen LogP contribution is 2.24. The summed E-state index contributed by atoms with van der Waals surface area (Å²) < 4.78 is 5.76. The van der Waals surface area contributed by atoms with Gasteiger partial charge in [0.2, 0.25) is 0 Å². The molecule has 1 saturated carbocycles. The Kier molecular flexibility index (Phi) is 6.10. The zero-order valence-electron chi connectivity index (χ0n) is 15.0. The SMILES string of the molecule is CCN(C(=O)c1ccc(COc2ccccc2)cc1)C1CCCCC1. The molecule has 2 aromatic carbocycles. The number of hydrogen-bond donors (Lipinski definition) is 0. The van der Waals surface area contributed by atoms with E-state index in [-0.39, 0.29) is 5.91 Å². The zero-order valence-corrected chi connectivity index (χ0v) is 15.0. The molecule has 1 aliphatic carbocycles. The molecule has 0 N–H and O–H groups in total. The molecule has 132 valence electrons. The van der Waals surface area contributed by atoms with Crippen LogP contribution in [0.5, 0.6) is 5.75 Å². The van der Waals surface area contributed by atoms with E-state index in [4.69, 9.17) is 4.74 Å². The Hall–Kier alpha value is -2.29. The number of benzene rings is 2. The quantitative estimate of drug-likeness (QED) is 0.737. The van der Waals surface area contributed by atoms with E-state index in [0.717, 1.165) is 36.3 Å². The van der Waals surface area contributed by atoms with Gasteiger partial charge in [-0.05, 0) is 49.6 Å². The standard InChI is InChI=1S/C22H27NO2/c1-2-23(20-9-5-3-6-10-20)22(24)19-15-13-18(14-16-19)17-25-21-11-7-4-8-12-21/h4,7-8,11-16,20H,2-3,5-6,9-10,17H2,1H3. The molecule has 0 aliphatic heterocycles. The minimum absolute atomic E-state index is 0.157. The maximum atomic E-state index is 12.9. The summed E-state index contributed by atoms with van der Waals surface area (Å²) in [5, 5.41) is 0. The molecule has 0 saturated heterocycles. The van der Waals surface area contributed by atoms with Crippen LogP contribution in [0.3, 0.4) is 0 Å². The van der Waals surface area contributed by atoms with Crippen molar-refractivity contribution in [1.82, 2.24) is 4.90 Å². The molecule has 3 heteroatoms. The summed E-state index contributed by atoms with van der Waals surface area (Å²) in [6.45, 7) is 3.37. The molecule has 2 aromatic rings. The van der Waals surface area contributed by atoms with Crippen LogP contribution in [-0.4, -0.2) is 23.4 Å². The lowest BCUT2D eigenvalue weighted by atomic mass is 9.93. The van der Waals surface area contributed by atoms with Crippen molar-refractivity contribution in [2.24, 2.45) is 0 Å². The van der Waals surface area contributed by atoms with Crippen molar-refractivity contribution in [3.05, 3.63) is 65.7 Å². The summed E-state index contributed by atoms with van der Waals surface area (Å²) in [7, 11) is 0. The summed E-state index contributed by atoms with van der Waals surface area (Å²) in [6, 6.07) is 18.0. The first-order valence-corrected chi connectivity index (χ1v) is 9.35. The second kappa shape index (κ2) is 8.70. The molecular weight excluding hydrogens is 310 g/mol. The van der Waals surface area contributed by atoms with Gasteiger partial charge >= 0.3 is 0 Å². The predicted molar refractivity (Wildman–Crippen MR) is 101 cm³/mol. The van der Waals surface area contributed by atoms with Gasteiger partial charge in [-0.3, -0.25) is 4.79 Å². The van der Waals surface area contributed by atoms with E-state index in [2.05, 4.69) is 11.8 Å². The van der Waals surface area contributed by atoms with E-state index >= 15 is 0 Å². The predicted octanol–water partition coefficient (Wildman–Crippen LogP) is 5.06. The molecule has 1 amide bonds. The average molecular weight is 337 g/mol. The lowest BCUT2D eigenvalue weighted by molar-refractivity contribution is 0.0648. The normalized spacial score (nSPS) is 14.9. The van der Waals surface area contributed by atoms with Crippen molar-refractivity contribution in [2.75, 3.05) is 6.54 Å². The molecule has 25 heavy (non-hydrogen) atoms. The maximum Gasteiger partial charge on any atom is 0.254 e. The fourth-order valence-electron chi connectivity index (χ4n) is 3.55. The van der Waals surface area contributed by atoms with Crippen LogP contribution in [0, 0.1) is 0 Å². The van der Waals surface area contributed by atoms with E-state index in [9.17, 15) is 4.79 Å². The third kappa shape index (κ3) is 4.62. The van der Waals surface area contributed by atoms with Gasteiger partial charge < -0.3 is 9.64 Å². The minimum Gasteiger partial charge on any atom is -0.489 e. The van der Waals surface area contributed by atoms with Crippen LogP contribution in [0.4, 0.5) is 0 Å². The third-order valence-electron chi connectivity index (χ3n) is 4.97. The number of rotatable bonds is 6. The highest BCUT2D eigenvalue weighted by atomic mass is 16.5. The first-order chi connectivity index (χ1) is 12.3. The molecule has 1 aliphatic rings. The fourth-order valence-corrected chi connectivity index (χ4v) is 3.55. The van der Waals surface area contributed by atoms with E-state index in [1.807, 2.05) is 54.6 Å². The van der Waals surface area contributed by atoms with Crippen LogP contribution in [0.25, 0.3) is 0 Å². The maximum absolute atomic E-state index is 12.9. The zero-order chi connectivity index (χ0) is 17.5. The van der Waals surface area contributed by atoms with Crippen LogP contribution < -0.4 is 4.74 Å². The largest absolute Gasteiger partial charge is 0.489 e. The van der Waals surface area contributed by atoms with Gasteiger partial charge in [-0.2, -0.15) is 0 Å². The van der Waals surface area contributed by atoms with Crippen molar-refractivity contribution >= 4 is 5.91 Å². The van der Waals surface area contributed by atoms with E-state index in [1.54, 1.807) is 0 Å². The number of amides is 1. The van der Waals surface area contributed by atoms with Gasteiger partial charge in [0, 0.05) is 18.2 Å². The fraction of sp³-hybridized carbons (Fsp3) is 0.409. The Labute approximate surface area is 150 Å². The second-order valence-electron chi connectivity index (χ2n) is 6.68. The molecule has 0 spiro atoms. The van der Waals surface area contributed by atoms with Gasteiger partial charge in [0.15, 0.2) is 0 Å². The summed E-state index contributed by atoms with van der Waals surface area (Å²) in [5.41, 5.74) is 1.84. The van der Waals surface area contributed by atoms with Crippen LogP contribution >= 0.6 is 0 Å². The molecule has 0 aromatic heterocycles. The molecule has 0 atom stereocenters. The molecule has 0 heterocycles. The molecular formula is C22H27NO2. The molecule has 1 fully saturated rings. The number of carbonyl (C=O) groups is 1. The van der Waals surface area contributed by atoms with Gasteiger partial charge in [-0.1, -0.05) is 49.6 Å². The van der Waals surface area contributed by atoms with Crippen molar-refractivity contribution in [1.29, 1.82) is 0 Å². The smallest absolute Gasteiger partial charge is 0.254 e. The van der Waals surface area contributed by atoms with Gasteiger partial charge in [0.05, 0.1) is 0 Å². The Balaban J connectivity index is 1.61. The van der Waals surface area contributed by atoms with Gasteiger partial charge in [0.25, 0.3) is 5.91 Å². The monoisotopic (exact) mass is 337 g/mol. The van der Waals surface area contributed by atoms with Crippen LogP contribution in [-0.2, 0) is 6.61 Å². The molecule has 0 unspecified atom stereocenters. The van der Waals surface area contributed by atoms with Crippen molar-refractivity contribution < 1.29 is 9.53 Å². The molecule has 3 rings (SSSR count). The summed E-state index contributed by atoms with van der Waals surface area (Å²) >= 11 is 0. The van der Waals surface area contributed by atoms with E-state index in [1.165, 1.54) is 19.3 Å². The van der Waals surface area contributed by atoms with Crippen molar-refractivity contribution in [3.63, 3.8) is 0 Å². The number of nitrogens with zero attached hydrogens (tertiary/aromatic N) is 1. The minimum atomic E-state index is 0.157. The van der Waals surface area contributed by atoms with Crippen molar-refractivity contribution in [3.8, 4) is 5.75 Å². The Bertz CT molecular complexity index is 660. The third-order valence-corrected chi connectivity index (χ3v) is 4.97. The van der Waals surface area contributed by atoms with Gasteiger partial charge in [-0.15, -0.1) is 0 Å². The van der Waals surface area contributed by atoms with E-state index < -0.39 is 0 Å². The van der Waals surface area contributed by atoms with Crippen LogP contribution in [0.2, 0.25) is 0 Å².